The van der Waals surface area contributed by atoms with E-state index in [4.69, 9.17) is 5.11 Å². The van der Waals surface area contributed by atoms with Gasteiger partial charge in [-0.2, -0.15) is 0 Å². The molecule has 0 bridgehead atoms. The quantitative estimate of drug-likeness (QED) is 0.109. The van der Waals surface area contributed by atoms with Gasteiger partial charge in [-0.25, -0.2) is 0 Å². The van der Waals surface area contributed by atoms with Crippen molar-refractivity contribution in [2.24, 2.45) is 0 Å². The molecule has 7 heteroatoms. The Labute approximate surface area is 244 Å². The third kappa shape index (κ3) is 56.5. The van der Waals surface area contributed by atoms with E-state index in [1.165, 1.54) is 96.3 Å². The van der Waals surface area contributed by atoms with Crippen LogP contribution in [-0.2, 0) is 14.4 Å². The van der Waals surface area contributed by atoms with Crippen molar-refractivity contribution in [2.45, 2.75) is 175 Å². The number of hydrogen-bond donors (Lipinski definition) is 1. The first-order valence-electron chi connectivity index (χ1n) is 14.9. The van der Waals surface area contributed by atoms with Crippen molar-refractivity contribution in [3.63, 3.8) is 0 Å². The average molecular weight is 539 g/mol. The van der Waals surface area contributed by atoms with Gasteiger partial charge in [0.15, 0.2) is 0 Å². The standard InChI is InChI=1S/3C10H20O2.Mg/c3*1-2-3-4-5-6-7-8-9-10(11)12;/h3*2-9H2,1H3,(H,11,12);/q;;;+2/p-2. The summed E-state index contributed by atoms with van der Waals surface area (Å²) in [6.07, 6.45) is 25.3. The largest absolute Gasteiger partial charge is 2.00 e. The van der Waals surface area contributed by atoms with Crippen LogP contribution in [0.1, 0.15) is 175 Å². The van der Waals surface area contributed by atoms with Gasteiger partial charge in [-0.15, -0.1) is 0 Å². The predicted octanol–water partition coefficient (Wildman–Crippen LogP) is 6.58. The minimum atomic E-state index is -0.913. The Morgan fingerprint density at radius 1 is 0.432 bits per heavy atom. The van der Waals surface area contributed by atoms with Crippen molar-refractivity contribution in [1.82, 2.24) is 0 Å². The minimum absolute atomic E-state index is 0. The second kappa shape index (κ2) is 39.7. The van der Waals surface area contributed by atoms with E-state index in [-0.39, 0.29) is 35.9 Å². The molecule has 0 atom stereocenters. The summed E-state index contributed by atoms with van der Waals surface area (Å²) in [7, 11) is 0. The molecule has 0 heterocycles. The van der Waals surface area contributed by atoms with Gasteiger partial charge in [-0.3, -0.25) is 4.79 Å². The fourth-order valence-corrected chi connectivity index (χ4v) is 3.69. The van der Waals surface area contributed by atoms with Gasteiger partial charge in [0.2, 0.25) is 0 Å². The van der Waals surface area contributed by atoms with Crippen LogP contribution >= 0.6 is 0 Å². The summed E-state index contributed by atoms with van der Waals surface area (Å²) in [6.45, 7) is 6.58. The first kappa shape index (κ1) is 43.2. The molecule has 0 aliphatic rings. The molecule has 6 nitrogen and oxygen atoms in total. The number of carboxylic acids is 3. The fraction of sp³-hybridized carbons (Fsp3) is 0.900. The molecule has 0 rings (SSSR count). The molecule has 0 aromatic carbocycles. The molecule has 0 aromatic rings. The van der Waals surface area contributed by atoms with E-state index in [0.717, 1.165) is 38.5 Å². The number of carbonyl (C=O) groups excluding carboxylic acids is 2. The molecule has 0 aromatic heterocycles. The zero-order valence-corrected chi connectivity index (χ0v) is 26.1. The van der Waals surface area contributed by atoms with Gasteiger partial charge in [0, 0.05) is 18.4 Å². The number of carbonyl (C=O) groups is 3. The molecule has 0 amide bonds. The second-order valence-corrected chi connectivity index (χ2v) is 9.75. The number of unbranched alkanes of at least 4 members (excludes halogenated alkanes) is 18. The predicted molar refractivity (Wildman–Crippen MR) is 151 cm³/mol. The normalized spacial score (nSPS) is 9.81. The van der Waals surface area contributed by atoms with Gasteiger partial charge >= 0.3 is 29.0 Å². The van der Waals surface area contributed by atoms with Crippen LogP contribution in [0.2, 0.25) is 0 Å². The van der Waals surface area contributed by atoms with Crippen LogP contribution in [0.3, 0.4) is 0 Å². The van der Waals surface area contributed by atoms with Gasteiger partial charge in [0.1, 0.15) is 0 Å². The maximum absolute atomic E-state index is 10.1. The second-order valence-electron chi connectivity index (χ2n) is 9.75. The number of hydrogen-bond acceptors (Lipinski definition) is 5. The molecule has 0 spiro atoms. The monoisotopic (exact) mass is 538 g/mol. The maximum atomic E-state index is 10.1. The first-order chi connectivity index (χ1) is 17.3. The van der Waals surface area contributed by atoms with Crippen molar-refractivity contribution in [3.8, 4) is 0 Å². The van der Waals surface area contributed by atoms with E-state index in [9.17, 15) is 24.6 Å². The summed E-state index contributed by atoms with van der Waals surface area (Å²) in [6, 6.07) is 0. The topological polar surface area (TPSA) is 118 Å². The molecule has 37 heavy (non-hydrogen) atoms. The number of aliphatic carboxylic acids is 3. The van der Waals surface area contributed by atoms with Crippen LogP contribution in [0, 0.1) is 0 Å². The SMILES string of the molecule is CCCCCCCCCC(=O)O.CCCCCCCCCC(=O)[O-].CCCCCCCCCC(=O)[O-].[Mg+2]. The van der Waals surface area contributed by atoms with Crippen molar-refractivity contribution < 1.29 is 29.7 Å². The number of carboxylic acid groups (broad SMARTS) is 3. The molecule has 0 fully saturated rings. The first-order valence-corrected chi connectivity index (χ1v) is 14.9. The van der Waals surface area contributed by atoms with Gasteiger partial charge in [0.05, 0.1) is 0 Å². The summed E-state index contributed by atoms with van der Waals surface area (Å²) in [4.78, 5) is 30.2. The van der Waals surface area contributed by atoms with Crippen LogP contribution in [0.15, 0.2) is 0 Å². The van der Waals surface area contributed by atoms with Crippen LogP contribution in [0.5, 0.6) is 0 Å². The molecule has 0 unspecified atom stereocenters. The Bertz CT molecular complexity index is 404. The van der Waals surface area contributed by atoms with Crippen LogP contribution in [0.4, 0.5) is 0 Å². The summed E-state index contributed by atoms with van der Waals surface area (Å²) in [5, 5.41) is 28.4. The van der Waals surface area contributed by atoms with Crippen molar-refractivity contribution in [3.05, 3.63) is 0 Å². The third-order valence-electron chi connectivity index (χ3n) is 5.96. The summed E-state index contributed by atoms with van der Waals surface area (Å²) >= 11 is 0. The molecule has 0 aliphatic heterocycles. The maximum Gasteiger partial charge on any atom is 2.00 e. The molecule has 0 radical (unpaired) electrons. The Balaban J connectivity index is -0.000000218. The van der Waals surface area contributed by atoms with Gasteiger partial charge in [-0.05, 0) is 32.1 Å². The van der Waals surface area contributed by atoms with Crippen molar-refractivity contribution in [2.75, 3.05) is 0 Å². The zero-order valence-electron chi connectivity index (χ0n) is 24.7. The Hall–Kier alpha value is -0.824. The average Bonchev–Trinajstić information content (AvgIpc) is 2.83. The van der Waals surface area contributed by atoms with E-state index in [0.29, 0.717) is 6.42 Å². The van der Waals surface area contributed by atoms with E-state index in [1.807, 2.05) is 0 Å². The van der Waals surface area contributed by atoms with E-state index >= 15 is 0 Å². The van der Waals surface area contributed by atoms with E-state index in [1.54, 1.807) is 0 Å². The minimum Gasteiger partial charge on any atom is -0.550 e. The molecule has 0 aliphatic carbocycles. The Morgan fingerprint density at radius 2 is 0.649 bits per heavy atom. The smallest absolute Gasteiger partial charge is 0.550 e. The summed E-state index contributed by atoms with van der Waals surface area (Å²) in [5.74, 6) is -2.49. The number of rotatable bonds is 24. The van der Waals surface area contributed by atoms with Crippen LogP contribution in [0.25, 0.3) is 0 Å². The molecule has 0 saturated heterocycles. The Kier molecular flexibility index (Phi) is 46.4. The zero-order chi connectivity index (χ0) is 27.7. The Morgan fingerprint density at radius 3 is 0.865 bits per heavy atom. The molecule has 0 saturated carbocycles. The van der Waals surface area contributed by atoms with Crippen molar-refractivity contribution >= 4 is 41.0 Å². The van der Waals surface area contributed by atoms with Gasteiger partial charge in [0.25, 0.3) is 0 Å². The van der Waals surface area contributed by atoms with Gasteiger partial charge in [-0.1, -0.05) is 136 Å². The summed E-state index contributed by atoms with van der Waals surface area (Å²) in [5.41, 5.74) is 0. The molecule has 1 N–H and O–H groups in total. The summed E-state index contributed by atoms with van der Waals surface area (Å²) < 4.78 is 0. The van der Waals surface area contributed by atoms with Crippen molar-refractivity contribution in [1.29, 1.82) is 0 Å². The third-order valence-corrected chi connectivity index (χ3v) is 5.96. The molecular formula is C30H58MgO6. The molecule has 216 valence electrons. The fourth-order valence-electron chi connectivity index (χ4n) is 3.69. The molecular weight excluding hydrogens is 481 g/mol. The van der Waals surface area contributed by atoms with E-state index in [2.05, 4.69) is 20.8 Å². The van der Waals surface area contributed by atoms with E-state index < -0.39 is 17.9 Å². The van der Waals surface area contributed by atoms with Crippen LogP contribution < -0.4 is 10.2 Å². The van der Waals surface area contributed by atoms with Crippen LogP contribution in [-0.4, -0.2) is 46.1 Å². The van der Waals surface area contributed by atoms with Gasteiger partial charge < -0.3 is 24.9 Å².